The van der Waals surface area contributed by atoms with Crippen molar-refractivity contribution in [2.75, 3.05) is 27.3 Å². The van der Waals surface area contributed by atoms with Crippen LogP contribution in [0.2, 0.25) is 0 Å². The molecule has 0 saturated heterocycles. The smallest absolute Gasteiger partial charge is 0.237 e. The van der Waals surface area contributed by atoms with Gasteiger partial charge in [0.1, 0.15) is 0 Å². The molecule has 0 spiro atoms. The molecule has 5 heteroatoms. The molecular formula is C16H26N2O3. The quantitative estimate of drug-likeness (QED) is 0.797. The van der Waals surface area contributed by atoms with Gasteiger partial charge < -0.3 is 14.8 Å². The van der Waals surface area contributed by atoms with Crippen molar-refractivity contribution >= 4 is 5.91 Å². The first-order valence-electron chi connectivity index (χ1n) is 7.31. The first-order chi connectivity index (χ1) is 10.0. The molecule has 0 bridgehead atoms. The van der Waals surface area contributed by atoms with Gasteiger partial charge >= 0.3 is 0 Å². The van der Waals surface area contributed by atoms with Crippen LogP contribution >= 0.6 is 0 Å². The number of nitrogens with zero attached hydrogens (tertiary/aromatic N) is 1. The highest BCUT2D eigenvalue weighted by atomic mass is 16.5. The summed E-state index contributed by atoms with van der Waals surface area (Å²) in [6.07, 6.45) is 0. The first kappa shape index (κ1) is 17.3. The molecule has 0 aliphatic rings. The van der Waals surface area contributed by atoms with Gasteiger partial charge in [-0.25, -0.2) is 0 Å². The van der Waals surface area contributed by atoms with Gasteiger partial charge in [0.2, 0.25) is 5.91 Å². The Labute approximate surface area is 127 Å². The van der Waals surface area contributed by atoms with Gasteiger partial charge in [0.15, 0.2) is 11.5 Å². The maximum absolute atomic E-state index is 11.8. The molecule has 0 heterocycles. The summed E-state index contributed by atoms with van der Waals surface area (Å²) in [6.45, 7) is 7.67. The van der Waals surface area contributed by atoms with Crippen LogP contribution in [0.1, 0.15) is 26.3 Å². The average Bonchev–Trinajstić information content (AvgIpc) is 2.48. The van der Waals surface area contributed by atoms with Gasteiger partial charge in [-0.3, -0.25) is 9.69 Å². The number of nitrogens with one attached hydrogen (secondary N) is 1. The van der Waals surface area contributed by atoms with Crippen molar-refractivity contribution in [3.8, 4) is 11.5 Å². The third kappa shape index (κ3) is 4.93. The molecule has 1 aromatic rings. The Balaban J connectivity index is 2.76. The SMILES string of the molecule is CCNC(=O)[C@@H](C)N(C)Cc1ccc(OCC)c(OC)c1. The molecule has 5 nitrogen and oxygen atoms in total. The highest BCUT2D eigenvalue weighted by Crippen LogP contribution is 2.28. The summed E-state index contributed by atoms with van der Waals surface area (Å²) in [5.41, 5.74) is 1.08. The van der Waals surface area contributed by atoms with E-state index in [9.17, 15) is 4.79 Å². The molecule has 21 heavy (non-hydrogen) atoms. The van der Waals surface area contributed by atoms with Crippen LogP contribution in [0, 0.1) is 0 Å². The van der Waals surface area contributed by atoms with Gasteiger partial charge in [-0.1, -0.05) is 6.07 Å². The first-order valence-corrected chi connectivity index (χ1v) is 7.31. The molecule has 118 valence electrons. The van der Waals surface area contributed by atoms with Crippen molar-refractivity contribution in [3.63, 3.8) is 0 Å². The maximum atomic E-state index is 11.8. The number of rotatable bonds is 8. The minimum atomic E-state index is -0.178. The number of benzene rings is 1. The summed E-state index contributed by atoms with van der Waals surface area (Å²) in [7, 11) is 3.56. The molecule has 0 radical (unpaired) electrons. The summed E-state index contributed by atoms with van der Waals surface area (Å²) in [5.74, 6) is 1.49. The van der Waals surface area contributed by atoms with E-state index in [4.69, 9.17) is 9.47 Å². The van der Waals surface area contributed by atoms with Crippen LogP contribution in [0.4, 0.5) is 0 Å². The number of hydrogen-bond donors (Lipinski definition) is 1. The summed E-state index contributed by atoms with van der Waals surface area (Å²) in [6, 6.07) is 5.67. The van der Waals surface area contributed by atoms with Crippen LogP contribution in [-0.4, -0.2) is 44.2 Å². The Morgan fingerprint density at radius 2 is 2.05 bits per heavy atom. The van der Waals surface area contributed by atoms with Crippen molar-refractivity contribution in [3.05, 3.63) is 23.8 Å². The van der Waals surface area contributed by atoms with E-state index in [1.54, 1.807) is 7.11 Å². The van der Waals surface area contributed by atoms with E-state index >= 15 is 0 Å². The van der Waals surface area contributed by atoms with E-state index in [2.05, 4.69) is 5.32 Å². The van der Waals surface area contributed by atoms with E-state index < -0.39 is 0 Å². The summed E-state index contributed by atoms with van der Waals surface area (Å²) in [5, 5.41) is 2.84. The second kappa shape index (κ2) is 8.52. The third-order valence-electron chi connectivity index (χ3n) is 3.35. The van der Waals surface area contributed by atoms with Crippen LogP contribution < -0.4 is 14.8 Å². The zero-order valence-electron chi connectivity index (χ0n) is 13.6. The molecule has 0 unspecified atom stereocenters. The zero-order valence-corrected chi connectivity index (χ0v) is 13.6. The fourth-order valence-electron chi connectivity index (χ4n) is 2.03. The third-order valence-corrected chi connectivity index (χ3v) is 3.35. The largest absolute Gasteiger partial charge is 0.493 e. The fraction of sp³-hybridized carbons (Fsp3) is 0.562. The number of hydrogen-bond acceptors (Lipinski definition) is 4. The van der Waals surface area contributed by atoms with E-state index in [1.807, 2.05) is 50.9 Å². The van der Waals surface area contributed by atoms with Gasteiger partial charge in [0, 0.05) is 13.1 Å². The normalized spacial score (nSPS) is 12.1. The van der Waals surface area contributed by atoms with Gasteiger partial charge in [-0.2, -0.15) is 0 Å². The molecule has 0 fully saturated rings. The number of likely N-dealkylation sites (N-methyl/N-ethyl adjacent to an activating group) is 2. The van der Waals surface area contributed by atoms with Crippen molar-refractivity contribution in [2.45, 2.75) is 33.4 Å². The topological polar surface area (TPSA) is 50.8 Å². The van der Waals surface area contributed by atoms with Crippen LogP contribution in [-0.2, 0) is 11.3 Å². The zero-order chi connectivity index (χ0) is 15.8. The Kier molecular flexibility index (Phi) is 7.02. The monoisotopic (exact) mass is 294 g/mol. The minimum absolute atomic E-state index is 0.0397. The summed E-state index contributed by atoms with van der Waals surface area (Å²) < 4.78 is 10.8. The minimum Gasteiger partial charge on any atom is -0.493 e. The van der Waals surface area contributed by atoms with E-state index in [0.717, 1.165) is 11.3 Å². The summed E-state index contributed by atoms with van der Waals surface area (Å²) >= 11 is 0. The second-order valence-corrected chi connectivity index (χ2v) is 4.90. The lowest BCUT2D eigenvalue weighted by molar-refractivity contribution is -0.125. The average molecular weight is 294 g/mol. The number of carbonyl (C=O) groups is 1. The van der Waals surface area contributed by atoms with Gasteiger partial charge in [0.25, 0.3) is 0 Å². The molecule has 1 rings (SSSR count). The van der Waals surface area contributed by atoms with Crippen LogP contribution in [0.25, 0.3) is 0 Å². The van der Waals surface area contributed by atoms with E-state index in [1.165, 1.54) is 0 Å². The van der Waals surface area contributed by atoms with Crippen molar-refractivity contribution in [1.29, 1.82) is 0 Å². The standard InChI is InChI=1S/C16H26N2O3/c1-6-17-16(19)12(3)18(4)11-13-8-9-14(21-7-2)15(10-13)20-5/h8-10,12H,6-7,11H2,1-5H3,(H,17,19)/t12-/m1/s1. The highest BCUT2D eigenvalue weighted by Gasteiger charge is 2.17. The predicted octanol–water partition coefficient (Wildman–Crippen LogP) is 2.05. The number of methoxy groups -OCH3 is 1. The second-order valence-electron chi connectivity index (χ2n) is 4.90. The molecule has 0 aliphatic heterocycles. The summed E-state index contributed by atoms with van der Waals surface area (Å²) in [4.78, 5) is 13.8. The van der Waals surface area contributed by atoms with E-state index in [-0.39, 0.29) is 11.9 Å². The van der Waals surface area contributed by atoms with Crippen molar-refractivity contribution in [1.82, 2.24) is 10.2 Å². The molecule has 1 N–H and O–H groups in total. The molecule has 1 atom stereocenters. The molecule has 0 saturated carbocycles. The Morgan fingerprint density at radius 3 is 2.62 bits per heavy atom. The number of ether oxygens (including phenoxy) is 2. The van der Waals surface area contributed by atoms with Gasteiger partial charge in [-0.05, 0) is 45.5 Å². The lowest BCUT2D eigenvalue weighted by atomic mass is 10.1. The Morgan fingerprint density at radius 1 is 1.33 bits per heavy atom. The Hall–Kier alpha value is -1.75. The van der Waals surface area contributed by atoms with Crippen LogP contribution in [0.15, 0.2) is 18.2 Å². The number of carbonyl (C=O) groups excluding carboxylic acids is 1. The van der Waals surface area contributed by atoms with Crippen LogP contribution in [0.5, 0.6) is 11.5 Å². The lowest BCUT2D eigenvalue weighted by Gasteiger charge is -2.24. The van der Waals surface area contributed by atoms with Crippen molar-refractivity contribution < 1.29 is 14.3 Å². The molecule has 1 amide bonds. The molecule has 1 aromatic carbocycles. The Bertz CT molecular complexity index is 463. The number of amides is 1. The van der Waals surface area contributed by atoms with Gasteiger partial charge in [0.05, 0.1) is 19.8 Å². The van der Waals surface area contributed by atoms with Crippen LogP contribution in [0.3, 0.4) is 0 Å². The maximum Gasteiger partial charge on any atom is 0.237 e. The highest BCUT2D eigenvalue weighted by molar-refractivity contribution is 5.81. The fourth-order valence-corrected chi connectivity index (χ4v) is 2.03. The molecule has 0 aliphatic carbocycles. The predicted molar refractivity (Wildman–Crippen MR) is 83.8 cm³/mol. The molecule has 0 aromatic heterocycles. The van der Waals surface area contributed by atoms with E-state index in [0.29, 0.717) is 25.4 Å². The lowest BCUT2D eigenvalue weighted by Crippen LogP contribution is -2.42. The molecular weight excluding hydrogens is 268 g/mol. The van der Waals surface area contributed by atoms with Crippen molar-refractivity contribution in [2.24, 2.45) is 0 Å². The van der Waals surface area contributed by atoms with Gasteiger partial charge in [-0.15, -0.1) is 0 Å².